The van der Waals surface area contributed by atoms with Gasteiger partial charge < -0.3 is 69.0 Å². The molecule has 4 heterocycles. The summed E-state index contributed by atoms with van der Waals surface area (Å²) in [7, 11) is 1.22. The number of carbonyl (C=O) groups excluding carboxylic acids is 1. The van der Waals surface area contributed by atoms with E-state index in [1.54, 1.807) is 0 Å². The number of carbonyl (C=O) groups is 1. The van der Waals surface area contributed by atoms with E-state index in [0.29, 0.717) is 5.56 Å². The molecule has 0 aliphatic carbocycles. The highest BCUT2D eigenvalue weighted by Gasteiger charge is 2.52. The molecule has 0 spiro atoms. The molecule has 6 rings (SSSR count). The van der Waals surface area contributed by atoms with Crippen molar-refractivity contribution in [1.29, 1.82) is 0 Å². The minimum atomic E-state index is -1.97. The zero-order chi connectivity index (χ0) is 36.6. The highest BCUT2D eigenvalue weighted by Crippen LogP contribution is 2.46. The van der Waals surface area contributed by atoms with Crippen LogP contribution in [0.3, 0.4) is 0 Å². The molecule has 17 nitrogen and oxygen atoms in total. The Morgan fingerprint density at radius 1 is 0.902 bits per heavy atom. The van der Waals surface area contributed by atoms with Gasteiger partial charge >= 0.3 is 5.97 Å². The van der Waals surface area contributed by atoms with Gasteiger partial charge in [-0.05, 0) is 36.4 Å². The van der Waals surface area contributed by atoms with Crippen molar-refractivity contribution in [1.82, 2.24) is 4.98 Å². The van der Waals surface area contributed by atoms with Crippen molar-refractivity contribution in [2.45, 2.75) is 61.2 Å². The average Bonchev–Trinajstić information content (AvgIpc) is 3.13. The Morgan fingerprint density at radius 2 is 1.63 bits per heavy atom. The molecule has 0 saturated carbocycles. The average molecular weight is 714 g/mol. The molecule has 2 aliphatic rings. The van der Waals surface area contributed by atoms with Crippen molar-refractivity contribution >= 4 is 16.9 Å². The second-order valence-electron chi connectivity index (χ2n) is 12.0. The lowest BCUT2D eigenvalue weighted by Crippen LogP contribution is -2.63. The number of nitrogens with zero attached hydrogens (tertiary/aromatic N) is 1. The van der Waals surface area contributed by atoms with Gasteiger partial charge in [-0.3, -0.25) is 9.78 Å². The van der Waals surface area contributed by atoms with Gasteiger partial charge in [-0.15, -0.1) is 0 Å². The second kappa shape index (κ2) is 14.9. The number of benzene rings is 2. The van der Waals surface area contributed by atoms with Crippen molar-refractivity contribution in [3.8, 4) is 28.6 Å². The summed E-state index contributed by atoms with van der Waals surface area (Å²) in [5.74, 6) is -1.62. The number of phenolic OH excluding ortho intramolecular Hbond substituents is 2. The van der Waals surface area contributed by atoms with Crippen LogP contribution in [-0.2, 0) is 18.9 Å². The van der Waals surface area contributed by atoms with Gasteiger partial charge in [0.1, 0.15) is 95.5 Å². The normalized spacial score (nSPS) is 29.5. The highest BCUT2D eigenvalue weighted by molar-refractivity contribution is 5.89. The van der Waals surface area contributed by atoms with Crippen LogP contribution in [0.4, 0.5) is 0 Å². The molecule has 4 aromatic rings. The largest absolute Gasteiger partial charge is 0.508 e. The summed E-state index contributed by atoms with van der Waals surface area (Å²) in [4.78, 5) is 29.7. The third-order valence-electron chi connectivity index (χ3n) is 8.75. The molecule has 8 N–H and O–H groups in total. The minimum Gasteiger partial charge on any atom is -0.508 e. The maximum Gasteiger partial charge on any atom is 0.339 e. The number of hydrogen-bond donors (Lipinski definition) is 8. The topological polar surface area (TPSA) is 268 Å². The standard InChI is InChI=1S/C34H35NO16/c1-46-19-10-20-23(17(38)9-18(48-20)14-4-6-16(37)7-5-14)27(41)24(19)31-32(29(43)25(39)21(12-36)49-31)51-34-30(44)28(42)26(40)22(50-34)13-47-33(45)15-3-2-8-35-11-15/h2-11,21-22,25-26,28-32,34,36-37,39-44H,12-13H2,1H3/t21-,22-,25-,26-,28+,29+,30-,31+,32-,34+/m1/s1. The van der Waals surface area contributed by atoms with E-state index in [2.05, 4.69) is 4.98 Å². The van der Waals surface area contributed by atoms with Gasteiger partial charge in [0.25, 0.3) is 0 Å². The highest BCUT2D eigenvalue weighted by atomic mass is 16.7. The first-order valence-electron chi connectivity index (χ1n) is 15.6. The van der Waals surface area contributed by atoms with Crippen LogP contribution in [0.2, 0.25) is 0 Å². The lowest BCUT2D eigenvalue weighted by molar-refractivity contribution is -0.342. The van der Waals surface area contributed by atoms with E-state index in [0.717, 1.165) is 6.07 Å². The number of ether oxygens (including phenoxy) is 5. The van der Waals surface area contributed by atoms with Crippen LogP contribution < -0.4 is 10.2 Å². The smallest absolute Gasteiger partial charge is 0.339 e. The van der Waals surface area contributed by atoms with Crippen molar-refractivity contribution in [3.05, 3.63) is 82.3 Å². The van der Waals surface area contributed by atoms with E-state index in [1.165, 1.54) is 62.0 Å². The molecule has 2 aromatic heterocycles. The lowest BCUT2D eigenvalue weighted by atomic mass is 9.89. The van der Waals surface area contributed by atoms with Gasteiger partial charge in [0, 0.05) is 30.1 Å². The summed E-state index contributed by atoms with van der Waals surface area (Å²) in [6.07, 6.45) is -14.9. The van der Waals surface area contributed by atoms with Crippen LogP contribution >= 0.6 is 0 Å². The summed E-state index contributed by atoms with van der Waals surface area (Å²) in [5, 5.41) is 85.0. The Balaban J connectivity index is 1.34. The monoisotopic (exact) mass is 713 g/mol. The fourth-order valence-corrected chi connectivity index (χ4v) is 6.03. The first-order valence-corrected chi connectivity index (χ1v) is 15.6. The Kier molecular flexibility index (Phi) is 10.5. The number of aliphatic hydroxyl groups is 6. The molecular weight excluding hydrogens is 678 g/mol. The van der Waals surface area contributed by atoms with E-state index in [9.17, 15) is 50.4 Å². The molecule has 51 heavy (non-hydrogen) atoms. The molecule has 2 fully saturated rings. The van der Waals surface area contributed by atoms with E-state index < -0.39 is 91.6 Å². The molecule has 0 unspecified atom stereocenters. The summed E-state index contributed by atoms with van der Waals surface area (Å²) >= 11 is 0. The van der Waals surface area contributed by atoms with Crippen LogP contribution in [0.5, 0.6) is 17.2 Å². The molecule has 10 atom stereocenters. The van der Waals surface area contributed by atoms with Gasteiger partial charge in [0.2, 0.25) is 0 Å². The fourth-order valence-electron chi connectivity index (χ4n) is 6.03. The molecule has 272 valence electrons. The van der Waals surface area contributed by atoms with Gasteiger partial charge in [-0.25, -0.2) is 4.79 Å². The predicted molar refractivity (Wildman–Crippen MR) is 171 cm³/mol. The van der Waals surface area contributed by atoms with Crippen molar-refractivity contribution < 1.29 is 73.7 Å². The quantitative estimate of drug-likeness (QED) is 0.101. The fraction of sp³-hybridized carbons (Fsp3) is 0.382. The first-order chi connectivity index (χ1) is 24.4. The van der Waals surface area contributed by atoms with E-state index in [-0.39, 0.29) is 39.4 Å². The second-order valence-corrected chi connectivity index (χ2v) is 12.0. The number of hydrogen-bond acceptors (Lipinski definition) is 17. The summed E-state index contributed by atoms with van der Waals surface area (Å²) < 4.78 is 34.1. The number of methoxy groups -OCH3 is 1. The Labute approximate surface area is 288 Å². The number of aromatic hydroxyl groups is 2. The molecule has 2 saturated heterocycles. The SMILES string of the molecule is COc1cc2oc(-c3ccc(O)cc3)cc(=O)c2c(O)c1[C@@H]1O[C@H](CO)[C@@H](O)[C@H](O)[C@H]1O[C@@H]1O[C@H](COC(=O)c2cccnc2)[C@@H](O)[C@H](O)[C@H]1O. The molecule has 0 bridgehead atoms. The molecule has 2 aromatic carbocycles. The Morgan fingerprint density at radius 3 is 2.29 bits per heavy atom. The number of aliphatic hydroxyl groups excluding tert-OH is 6. The maximum absolute atomic E-state index is 13.4. The van der Waals surface area contributed by atoms with Crippen LogP contribution in [0, 0.1) is 0 Å². The van der Waals surface area contributed by atoms with Crippen LogP contribution in [0.25, 0.3) is 22.3 Å². The molecule has 0 radical (unpaired) electrons. The van der Waals surface area contributed by atoms with E-state index in [1.807, 2.05) is 0 Å². The van der Waals surface area contributed by atoms with Crippen molar-refractivity contribution in [2.75, 3.05) is 20.3 Å². The number of pyridine rings is 1. The number of rotatable bonds is 9. The summed E-state index contributed by atoms with van der Waals surface area (Å²) in [5.41, 5.74) is -0.589. The van der Waals surface area contributed by atoms with Crippen molar-refractivity contribution in [3.63, 3.8) is 0 Å². The molecular formula is C34H35NO16. The lowest BCUT2D eigenvalue weighted by Gasteiger charge is -2.46. The predicted octanol–water partition coefficient (Wildman–Crippen LogP) is -0.521. The van der Waals surface area contributed by atoms with Crippen LogP contribution in [-0.4, -0.2) is 127 Å². The maximum atomic E-state index is 13.4. The zero-order valence-electron chi connectivity index (χ0n) is 26.8. The third-order valence-corrected chi connectivity index (χ3v) is 8.75. The number of aromatic nitrogens is 1. The minimum absolute atomic E-state index is 0.0137. The van der Waals surface area contributed by atoms with Crippen LogP contribution in [0.1, 0.15) is 22.0 Å². The molecule has 2 aliphatic heterocycles. The van der Waals surface area contributed by atoms with Gasteiger partial charge in [-0.2, -0.15) is 0 Å². The van der Waals surface area contributed by atoms with Gasteiger partial charge in [0.15, 0.2) is 11.7 Å². The summed E-state index contributed by atoms with van der Waals surface area (Å²) in [6, 6.07) is 11.1. The zero-order valence-corrected chi connectivity index (χ0v) is 26.8. The molecule has 17 heteroatoms. The number of fused-ring (bicyclic) bond motifs is 1. The van der Waals surface area contributed by atoms with Crippen molar-refractivity contribution in [2.24, 2.45) is 0 Å². The Hall–Kier alpha value is -4.69. The van der Waals surface area contributed by atoms with E-state index in [4.69, 9.17) is 28.1 Å². The molecule has 0 amide bonds. The number of esters is 1. The van der Waals surface area contributed by atoms with Gasteiger partial charge in [-0.1, -0.05) is 0 Å². The third kappa shape index (κ3) is 6.98. The van der Waals surface area contributed by atoms with Gasteiger partial charge in [0.05, 0.1) is 24.8 Å². The first kappa shape index (κ1) is 36.1. The van der Waals surface area contributed by atoms with E-state index >= 15 is 0 Å². The summed E-state index contributed by atoms with van der Waals surface area (Å²) in [6.45, 7) is -1.43. The Bertz CT molecular complexity index is 1900. The number of phenols is 2. The van der Waals surface area contributed by atoms with Crippen LogP contribution in [0.15, 0.2) is 70.1 Å².